The van der Waals surface area contributed by atoms with Gasteiger partial charge < -0.3 is 9.30 Å². The van der Waals surface area contributed by atoms with Crippen LogP contribution in [0.2, 0.25) is 0 Å². The average Bonchev–Trinajstić information content (AvgIpc) is 3.49. The number of ether oxygens (including phenoxy) is 1. The third kappa shape index (κ3) is 3.10. The van der Waals surface area contributed by atoms with Gasteiger partial charge in [-0.25, -0.2) is 9.97 Å². The van der Waals surface area contributed by atoms with E-state index in [1.807, 2.05) is 36.5 Å². The lowest BCUT2D eigenvalue weighted by Crippen LogP contribution is -2.10. The van der Waals surface area contributed by atoms with E-state index < -0.39 is 0 Å². The van der Waals surface area contributed by atoms with Crippen molar-refractivity contribution in [1.82, 2.24) is 19.1 Å². The second-order valence-electron chi connectivity index (χ2n) is 9.47. The highest BCUT2D eigenvalue weighted by atomic mass is 16.5. The van der Waals surface area contributed by atoms with E-state index in [2.05, 4.69) is 86.9 Å². The van der Waals surface area contributed by atoms with Crippen LogP contribution in [0.4, 0.5) is 0 Å². The predicted octanol–water partition coefficient (Wildman–Crippen LogP) is 7.54. The van der Waals surface area contributed by atoms with E-state index in [0.717, 1.165) is 58.2 Å². The summed E-state index contributed by atoms with van der Waals surface area (Å²) in [5.41, 5.74) is 6.86. The maximum absolute atomic E-state index is 6.46. The van der Waals surface area contributed by atoms with E-state index in [-0.39, 0.29) is 0 Å². The Hall–Kier alpha value is -4.90. The maximum atomic E-state index is 6.46. The molecule has 0 spiro atoms. The van der Waals surface area contributed by atoms with Crippen molar-refractivity contribution >= 4 is 32.8 Å². The van der Waals surface area contributed by atoms with Gasteiger partial charge in [0.15, 0.2) is 0 Å². The number of fused-ring (bicyclic) bond motifs is 8. The number of imidazole rings is 1. The number of aromatic nitrogens is 4. The minimum atomic E-state index is 0.789. The monoisotopic (exact) mass is 478 g/mol. The van der Waals surface area contributed by atoms with Crippen LogP contribution < -0.4 is 4.74 Å². The standard InChI is InChI=1S/C32H22N4O/c1-3-9-28-24(7-1)25-15-14-23(20-30(25)36(28)31-11-5-6-17-33-31)37-22-13-12-21-16-18-35-29-10-4-2-8-27(29)34-32(35)26(21)19-22/h1-15,17,19-20H,16,18H2. The normalized spacial score (nSPS) is 12.6. The van der Waals surface area contributed by atoms with Crippen LogP contribution in [0.25, 0.3) is 50.0 Å². The van der Waals surface area contributed by atoms with E-state index >= 15 is 0 Å². The summed E-state index contributed by atoms with van der Waals surface area (Å²) < 4.78 is 11.0. The van der Waals surface area contributed by atoms with Gasteiger partial charge in [0.1, 0.15) is 23.1 Å². The Kier molecular flexibility index (Phi) is 4.28. The third-order valence-electron chi connectivity index (χ3n) is 7.34. The summed E-state index contributed by atoms with van der Waals surface area (Å²) in [6, 6.07) is 35.5. The fraction of sp³-hybridized carbons (Fsp3) is 0.0625. The maximum Gasteiger partial charge on any atom is 0.141 e. The van der Waals surface area contributed by atoms with Gasteiger partial charge in [0.05, 0.1) is 22.1 Å². The highest BCUT2D eigenvalue weighted by molar-refractivity contribution is 6.09. The van der Waals surface area contributed by atoms with Crippen molar-refractivity contribution in [2.75, 3.05) is 0 Å². The van der Waals surface area contributed by atoms with Crippen LogP contribution in [0.5, 0.6) is 11.5 Å². The summed E-state index contributed by atoms with van der Waals surface area (Å²) in [5, 5.41) is 2.37. The Labute approximate surface area is 213 Å². The quantitative estimate of drug-likeness (QED) is 0.263. The molecule has 4 heterocycles. The number of rotatable bonds is 3. The lowest BCUT2D eigenvalue weighted by atomic mass is 10.0. The van der Waals surface area contributed by atoms with Crippen LogP contribution in [0, 0.1) is 0 Å². The molecule has 1 aliphatic rings. The number of nitrogens with zero attached hydrogens (tertiary/aromatic N) is 4. The molecule has 8 rings (SSSR count). The SMILES string of the molecule is c1ccc(-n2c3ccccc3c3ccc(Oc4ccc5c(c4)-c4nc6ccccc6n4CC5)cc32)nc1. The number of aryl methyl sites for hydroxylation is 2. The highest BCUT2D eigenvalue weighted by Crippen LogP contribution is 2.38. The van der Waals surface area contributed by atoms with Gasteiger partial charge in [-0.05, 0) is 66.6 Å². The molecule has 0 radical (unpaired) electrons. The molecule has 0 saturated heterocycles. The first-order valence-electron chi connectivity index (χ1n) is 12.5. The van der Waals surface area contributed by atoms with Crippen LogP contribution in [0.1, 0.15) is 5.56 Å². The van der Waals surface area contributed by atoms with Crippen molar-refractivity contribution in [1.29, 1.82) is 0 Å². The molecular weight excluding hydrogens is 456 g/mol. The van der Waals surface area contributed by atoms with Crippen molar-refractivity contribution in [3.63, 3.8) is 0 Å². The Morgan fingerprint density at radius 1 is 0.676 bits per heavy atom. The first-order valence-corrected chi connectivity index (χ1v) is 12.5. The van der Waals surface area contributed by atoms with E-state index in [9.17, 15) is 0 Å². The zero-order chi connectivity index (χ0) is 24.3. The minimum Gasteiger partial charge on any atom is -0.457 e. The zero-order valence-electron chi connectivity index (χ0n) is 20.0. The molecule has 1 aliphatic heterocycles. The summed E-state index contributed by atoms with van der Waals surface area (Å²) in [6.07, 6.45) is 2.82. The molecule has 0 bridgehead atoms. The van der Waals surface area contributed by atoms with Gasteiger partial charge in [-0.3, -0.25) is 4.57 Å². The number of hydrogen-bond acceptors (Lipinski definition) is 3. The van der Waals surface area contributed by atoms with Crippen LogP contribution in [0.3, 0.4) is 0 Å². The molecule has 0 saturated carbocycles. The van der Waals surface area contributed by atoms with E-state index in [1.54, 1.807) is 0 Å². The minimum absolute atomic E-state index is 0.789. The molecule has 7 aromatic rings. The molecule has 0 amide bonds. The van der Waals surface area contributed by atoms with Crippen LogP contribution >= 0.6 is 0 Å². The predicted molar refractivity (Wildman–Crippen MR) is 148 cm³/mol. The Bertz CT molecular complexity index is 1970. The van der Waals surface area contributed by atoms with Gasteiger partial charge >= 0.3 is 0 Å². The van der Waals surface area contributed by atoms with Gasteiger partial charge in [-0.2, -0.15) is 0 Å². The van der Waals surface area contributed by atoms with Crippen molar-refractivity contribution in [2.45, 2.75) is 13.0 Å². The largest absolute Gasteiger partial charge is 0.457 e. The van der Waals surface area contributed by atoms with Crippen LogP contribution in [0.15, 0.2) is 109 Å². The van der Waals surface area contributed by atoms with E-state index in [0.29, 0.717) is 0 Å². The molecule has 0 aliphatic carbocycles. The molecule has 176 valence electrons. The molecule has 3 aromatic heterocycles. The molecular formula is C32H22N4O. The van der Waals surface area contributed by atoms with Gasteiger partial charge in [0, 0.05) is 35.1 Å². The summed E-state index contributed by atoms with van der Waals surface area (Å²) in [7, 11) is 0. The molecule has 0 atom stereocenters. The van der Waals surface area contributed by atoms with Crippen LogP contribution in [-0.2, 0) is 13.0 Å². The second-order valence-corrected chi connectivity index (χ2v) is 9.47. The molecule has 0 unspecified atom stereocenters. The number of benzene rings is 4. The lowest BCUT2D eigenvalue weighted by Gasteiger charge is -2.19. The zero-order valence-corrected chi connectivity index (χ0v) is 20.0. The Balaban J connectivity index is 1.24. The molecule has 5 heteroatoms. The number of pyridine rings is 1. The van der Waals surface area contributed by atoms with Crippen molar-refractivity contribution in [2.24, 2.45) is 0 Å². The van der Waals surface area contributed by atoms with E-state index in [4.69, 9.17) is 9.72 Å². The highest BCUT2D eigenvalue weighted by Gasteiger charge is 2.21. The van der Waals surface area contributed by atoms with Crippen molar-refractivity contribution in [3.05, 3.63) is 115 Å². The summed E-state index contributed by atoms with van der Waals surface area (Å²) in [5.74, 6) is 3.49. The number of para-hydroxylation sites is 3. The van der Waals surface area contributed by atoms with Crippen LogP contribution in [-0.4, -0.2) is 19.1 Å². The second kappa shape index (κ2) is 7.80. The topological polar surface area (TPSA) is 44.9 Å². The third-order valence-corrected chi connectivity index (χ3v) is 7.34. The van der Waals surface area contributed by atoms with E-state index in [1.165, 1.54) is 21.9 Å². The average molecular weight is 479 g/mol. The fourth-order valence-electron chi connectivity index (χ4n) is 5.67. The van der Waals surface area contributed by atoms with Gasteiger partial charge in [-0.15, -0.1) is 0 Å². The number of hydrogen-bond donors (Lipinski definition) is 0. The van der Waals surface area contributed by atoms with Crippen molar-refractivity contribution in [3.8, 4) is 28.7 Å². The molecule has 0 N–H and O–H groups in total. The smallest absolute Gasteiger partial charge is 0.141 e. The summed E-state index contributed by atoms with van der Waals surface area (Å²) in [6.45, 7) is 0.942. The van der Waals surface area contributed by atoms with Crippen molar-refractivity contribution < 1.29 is 4.74 Å². The van der Waals surface area contributed by atoms with Gasteiger partial charge in [-0.1, -0.05) is 42.5 Å². The fourth-order valence-corrected chi connectivity index (χ4v) is 5.67. The molecule has 37 heavy (non-hydrogen) atoms. The van der Waals surface area contributed by atoms with Gasteiger partial charge in [0.2, 0.25) is 0 Å². The first-order chi connectivity index (χ1) is 18.3. The molecule has 4 aromatic carbocycles. The first kappa shape index (κ1) is 20.3. The molecule has 0 fully saturated rings. The summed E-state index contributed by atoms with van der Waals surface area (Å²) in [4.78, 5) is 9.59. The Morgan fingerprint density at radius 2 is 1.46 bits per heavy atom. The van der Waals surface area contributed by atoms with Gasteiger partial charge in [0.25, 0.3) is 0 Å². The summed E-state index contributed by atoms with van der Waals surface area (Å²) >= 11 is 0. The Morgan fingerprint density at radius 3 is 2.38 bits per heavy atom. The molecule has 5 nitrogen and oxygen atoms in total. The lowest BCUT2D eigenvalue weighted by molar-refractivity contribution is 0.483.